The van der Waals surface area contributed by atoms with Crippen LogP contribution in [-0.2, 0) is 0 Å². The van der Waals surface area contributed by atoms with Crippen LogP contribution in [-0.4, -0.2) is 11.5 Å². The van der Waals surface area contributed by atoms with Crippen LogP contribution in [0.1, 0.15) is 30.9 Å². The molecule has 1 atom stereocenters. The number of fused-ring (bicyclic) bond motifs is 1. The first-order valence-electron chi connectivity index (χ1n) is 6.55. The molecule has 1 unspecified atom stereocenters. The van der Waals surface area contributed by atoms with Crippen LogP contribution in [0.2, 0.25) is 5.02 Å². The van der Waals surface area contributed by atoms with E-state index in [4.69, 9.17) is 22.3 Å². The fourth-order valence-corrected chi connectivity index (χ4v) is 2.95. The van der Waals surface area contributed by atoms with E-state index in [-0.39, 0.29) is 0 Å². The highest BCUT2D eigenvalue weighted by molar-refractivity contribution is 6.35. The second-order valence-corrected chi connectivity index (χ2v) is 5.49. The van der Waals surface area contributed by atoms with Gasteiger partial charge in [-0.2, -0.15) is 0 Å². The van der Waals surface area contributed by atoms with E-state index >= 15 is 0 Å². The predicted molar refractivity (Wildman–Crippen MR) is 75.9 cm³/mol. The second-order valence-electron chi connectivity index (χ2n) is 5.08. The maximum atomic E-state index is 6.21. The predicted octanol–water partition coefficient (Wildman–Crippen LogP) is 3.73. The van der Waals surface area contributed by atoms with Crippen molar-refractivity contribution in [2.75, 3.05) is 6.54 Å². The molecule has 0 aliphatic heterocycles. The average molecular weight is 261 g/mol. The van der Waals surface area contributed by atoms with Gasteiger partial charge in [0.2, 0.25) is 0 Å². The molecule has 0 bridgehead atoms. The van der Waals surface area contributed by atoms with Crippen LogP contribution >= 0.6 is 11.6 Å². The number of aromatic nitrogens is 1. The Hall–Kier alpha value is -1.12. The van der Waals surface area contributed by atoms with Crippen LogP contribution in [0.3, 0.4) is 0 Å². The summed E-state index contributed by atoms with van der Waals surface area (Å²) in [6.45, 7) is 0.674. The van der Waals surface area contributed by atoms with E-state index in [9.17, 15) is 0 Å². The highest BCUT2D eigenvalue weighted by atomic mass is 35.5. The lowest BCUT2D eigenvalue weighted by Gasteiger charge is -2.32. The van der Waals surface area contributed by atoms with E-state index in [1.54, 1.807) is 0 Å². The van der Waals surface area contributed by atoms with Crippen molar-refractivity contribution < 1.29 is 0 Å². The third-order valence-electron chi connectivity index (χ3n) is 4.05. The topological polar surface area (TPSA) is 38.9 Å². The second kappa shape index (κ2) is 4.87. The van der Waals surface area contributed by atoms with Crippen LogP contribution in [0.4, 0.5) is 0 Å². The molecule has 1 saturated carbocycles. The summed E-state index contributed by atoms with van der Waals surface area (Å²) in [6.07, 6.45) is 3.89. The molecule has 3 rings (SSSR count). The lowest BCUT2D eigenvalue weighted by atomic mass is 9.74. The third-order valence-corrected chi connectivity index (χ3v) is 4.35. The molecule has 0 amide bonds. The van der Waals surface area contributed by atoms with Gasteiger partial charge in [0.15, 0.2) is 0 Å². The molecular formula is C15H17ClN2. The number of pyridine rings is 1. The van der Waals surface area contributed by atoms with Gasteiger partial charge in [-0.15, -0.1) is 0 Å². The van der Waals surface area contributed by atoms with E-state index in [0.717, 1.165) is 21.6 Å². The van der Waals surface area contributed by atoms with Crippen LogP contribution < -0.4 is 5.73 Å². The smallest absolute Gasteiger partial charge is 0.0891 e. The Morgan fingerprint density at radius 3 is 2.78 bits per heavy atom. The zero-order chi connectivity index (χ0) is 12.5. The summed E-state index contributed by atoms with van der Waals surface area (Å²) in [5, 5.41) is 1.81. The zero-order valence-corrected chi connectivity index (χ0v) is 11.0. The first kappa shape index (κ1) is 11.9. The Kier molecular flexibility index (Phi) is 3.23. The van der Waals surface area contributed by atoms with Crippen molar-refractivity contribution in [2.45, 2.75) is 25.2 Å². The molecule has 2 nitrogen and oxygen atoms in total. The Bertz CT molecular complexity index is 563. The summed E-state index contributed by atoms with van der Waals surface area (Å²) in [5.74, 6) is 1.10. The van der Waals surface area contributed by atoms with Crippen LogP contribution in [0.5, 0.6) is 0 Å². The van der Waals surface area contributed by atoms with Crippen LogP contribution in [0.25, 0.3) is 10.9 Å². The number of rotatable bonds is 3. The third kappa shape index (κ3) is 2.00. The highest BCUT2D eigenvalue weighted by Gasteiger charge is 2.28. The molecule has 1 aliphatic carbocycles. The van der Waals surface area contributed by atoms with Gasteiger partial charge in [-0.3, -0.25) is 4.98 Å². The minimum absolute atomic E-state index is 0.388. The molecule has 0 radical (unpaired) electrons. The summed E-state index contributed by atoms with van der Waals surface area (Å²) in [5.41, 5.74) is 7.92. The van der Waals surface area contributed by atoms with E-state index in [1.807, 2.05) is 18.2 Å². The molecule has 0 saturated heterocycles. The van der Waals surface area contributed by atoms with Gasteiger partial charge in [0.25, 0.3) is 0 Å². The summed E-state index contributed by atoms with van der Waals surface area (Å²) in [6, 6.07) is 10.1. The van der Waals surface area contributed by atoms with Crippen molar-refractivity contribution in [3.8, 4) is 0 Å². The van der Waals surface area contributed by atoms with Crippen molar-refractivity contribution in [3.05, 3.63) is 41.0 Å². The molecule has 2 aromatic rings. The standard InChI is InChI=1S/C15H17ClN2/c16-13-6-2-5-11-7-8-14(18-15(11)13)12(9-17)10-3-1-4-10/h2,5-8,10,12H,1,3-4,9,17H2. The van der Waals surface area contributed by atoms with Gasteiger partial charge in [0, 0.05) is 23.5 Å². The Balaban J connectivity index is 2.03. The van der Waals surface area contributed by atoms with Crippen molar-refractivity contribution >= 4 is 22.5 Å². The fourth-order valence-electron chi connectivity index (χ4n) is 2.73. The zero-order valence-electron chi connectivity index (χ0n) is 10.3. The lowest BCUT2D eigenvalue weighted by Crippen LogP contribution is -2.27. The molecule has 18 heavy (non-hydrogen) atoms. The molecule has 2 N–H and O–H groups in total. The molecule has 1 heterocycles. The number of halogens is 1. The molecule has 3 heteroatoms. The van der Waals surface area contributed by atoms with E-state index in [2.05, 4.69) is 12.1 Å². The van der Waals surface area contributed by atoms with Gasteiger partial charge >= 0.3 is 0 Å². The molecule has 1 fully saturated rings. The maximum Gasteiger partial charge on any atom is 0.0891 e. The van der Waals surface area contributed by atoms with Gasteiger partial charge in [0.1, 0.15) is 0 Å². The fraction of sp³-hybridized carbons (Fsp3) is 0.400. The summed E-state index contributed by atoms with van der Waals surface area (Å²) in [4.78, 5) is 4.74. The number of benzene rings is 1. The van der Waals surface area contributed by atoms with Gasteiger partial charge in [-0.05, 0) is 30.9 Å². The lowest BCUT2D eigenvalue weighted by molar-refractivity contribution is 0.261. The summed E-state index contributed by atoms with van der Waals surface area (Å²) in [7, 11) is 0. The number of hydrogen-bond donors (Lipinski definition) is 1. The number of nitrogens with zero attached hydrogens (tertiary/aromatic N) is 1. The number of nitrogens with two attached hydrogens (primary N) is 1. The molecule has 1 aromatic heterocycles. The minimum atomic E-state index is 0.388. The van der Waals surface area contributed by atoms with Crippen molar-refractivity contribution in [1.82, 2.24) is 4.98 Å². The highest BCUT2D eigenvalue weighted by Crippen LogP contribution is 2.38. The minimum Gasteiger partial charge on any atom is -0.330 e. The Morgan fingerprint density at radius 1 is 1.28 bits per heavy atom. The number of hydrogen-bond acceptors (Lipinski definition) is 2. The summed E-state index contributed by atoms with van der Waals surface area (Å²) < 4.78 is 0. The van der Waals surface area contributed by atoms with E-state index in [1.165, 1.54) is 19.3 Å². The van der Waals surface area contributed by atoms with Crippen molar-refractivity contribution in [2.24, 2.45) is 11.7 Å². The molecule has 0 spiro atoms. The number of para-hydroxylation sites is 1. The Morgan fingerprint density at radius 2 is 2.11 bits per heavy atom. The molecule has 1 aromatic carbocycles. The first-order chi connectivity index (χ1) is 8.79. The van der Waals surface area contributed by atoms with Gasteiger partial charge < -0.3 is 5.73 Å². The summed E-state index contributed by atoms with van der Waals surface area (Å²) >= 11 is 6.21. The Labute approximate surface area is 112 Å². The van der Waals surface area contributed by atoms with Gasteiger partial charge in [0.05, 0.1) is 10.5 Å². The van der Waals surface area contributed by atoms with Crippen molar-refractivity contribution in [3.63, 3.8) is 0 Å². The quantitative estimate of drug-likeness (QED) is 0.913. The average Bonchev–Trinajstić information content (AvgIpc) is 2.34. The van der Waals surface area contributed by atoms with E-state index in [0.29, 0.717) is 18.4 Å². The van der Waals surface area contributed by atoms with Gasteiger partial charge in [-0.25, -0.2) is 0 Å². The van der Waals surface area contributed by atoms with Gasteiger partial charge in [-0.1, -0.05) is 36.2 Å². The SMILES string of the molecule is NCC(c1ccc2cccc(Cl)c2n1)C1CCC1. The van der Waals surface area contributed by atoms with Crippen LogP contribution in [0, 0.1) is 5.92 Å². The first-order valence-corrected chi connectivity index (χ1v) is 6.92. The molecule has 1 aliphatic rings. The monoisotopic (exact) mass is 260 g/mol. The molecular weight excluding hydrogens is 244 g/mol. The van der Waals surface area contributed by atoms with E-state index < -0.39 is 0 Å². The van der Waals surface area contributed by atoms with Crippen LogP contribution in [0.15, 0.2) is 30.3 Å². The normalized spacial score (nSPS) is 17.7. The van der Waals surface area contributed by atoms with Crippen molar-refractivity contribution in [1.29, 1.82) is 0 Å². The largest absolute Gasteiger partial charge is 0.330 e. The molecule has 94 valence electrons. The maximum absolute atomic E-state index is 6.21.